The molecule has 0 heterocycles. The van der Waals surface area contributed by atoms with Crippen LogP contribution >= 0.6 is 11.8 Å². The van der Waals surface area contributed by atoms with Gasteiger partial charge in [-0.2, -0.15) is 8.42 Å². The van der Waals surface area contributed by atoms with Gasteiger partial charge in [0.1, 0.15) is 5.84 Å². The summed E-state index contributed by atoms with van der Waals surface area (Å²) in [6.45, 7) is 0. The highest BCUT2D eigenvalue weighted by atomic mass is 32.2. The second-order valence-electron chi connectivity index (χ2n) is 2.06. The summed E-state index contributed by atoms with van der Waals surface area (Å²) in [6, 6.07) is 0. The molecule has 0 aliphatic rings. The maximum absolute atomic E-state index is 10.4. The standard InChI is InChI=1S/C4H11N5O2S2/c5-3(9-13(8,10)11)1-2-12-4(6)7/h1-2H2,(H2,5,9)(H3,6,7)(H2,8,10,11). The van der Waals surface area contributed by atoms with Crippen LogP contribution in [0.2, 0.25) is 0 Å². The minimum Gasteiger partial charge on any atom is -0.386 e. The van der Waals surface area contributed by atoms with Crippen molar-refractivity contribution in [2.75, 3.05) is 5.75 Å². The van der Waals surface area contributed by atoms with E-state index in [-0.39, 0.29) is 17.4 Å². The highest BCUT2D eigenvalue weighted by molar-refractivity contribution is 8.13. The fraction of sp³-hybridized carbons (Fsp3) is 0.500. The topological polar surface area (TPSA) is 148 Å². The van der Waals surface area contributed by atoms with Crippen LogP contribution in [0.5, 0.6) is 0 Å². The molecule has 0 aromatic rings. The number of hydrogen-bond acceptors (Lipinski definition) is 4. The summed E-state index contributed by atoms with van der Waals surface area (Å²) in [5.74, 6) is 0.316. The molecule has 0 amide bonds. The molecule has 0 atom stereocenters. The number of thioether (sulfide) groups is 1. The molecule has 0 radical (unpaired) electrons. The van der Waals surface area contributed by atoms with E-state index in [9.17, 15) is 8.42 Å². The Morgan fingerprint density at radius 3 is 2.38 bits per heavy atom. The van der Waals surface area contributed by atoms with Gasteiger partial charge in [-0.15, -0.1) is 4.40 Å². The molecular weight excluding hydrogens is 214 g/mol. The molecule has 13 heavy (non-hydrogen) atoms. The van der Waals surface area contributed by atoms with Gasteiger partial charge in [0, 0.05) is 12.2 Å². The summed E-state index contributed by atoms with van der Waals surface area (Å²) in [5.41, 5.74) is 10.2. The van der Waals surface area contributed by atoms with Gasteiger partial charge >= 0.3 is 10.2 Å². The van der Waals surface area contributed by atoms with Crippen LogP contribution in [0.25, 0.3) is 0 Å². The van der Waals surface area contributed by atoms with E-state index in [4.69, 9.17) is 16.9 Å². The van der Waals surface area contributed by atoms with Gasteiger partial charge in [-0.3, -0.25) is 5.41 Å². The van der Waals surface area contributed by atoms with Gasteiger partial charge in [0.25, 0.3) is 0 Å². The van der Waals surface area contributed by atoms with E-state index < -0.39 is 10.2 Å². The van der Waals surface area contributed by atoms with Crippen molar-refractivity contribution in [1.29, 1.82) is 5.41 Å². The maximum Gasteiger partial charge on any atom is 0.318 e. The average molecular weight is 225 g/mol. The second kappa shape index (κ2) is 5.04. The van der Waals surface area contributed by atoms with Gasteiger partial charge in [0.15, 0.2) is 5.17 Å². The Morgan fingerprint density at radius 2 is 2.00 bits per heavy atom. The van der Waals surface area contributed by atoms with E-state index in [0.717, 1.165) is 11.8 Å². The molecule has 0 aliphatic heterocycles. The van der Waals surface area contributed by atoms with Crippen molar-refractivity contribution in [3.8, 4) is 0 Å². The summed E-state index contributed by atoms with van der Waals surface area (Å²) in [6.07, 6.45) is 0.223. The van der Waals surface area contributed by atoms with Crippen LogP contribution in [0.4, 0.5) is 0 Å². The third kappa shape index (κ3) is 9.11. The monoisotopic (exact) mass is 225 g/mol. The summed E-state index contributed by atoms with van der Waals surface area (Å²) < 4.78 is 23.8. The predicted molar refractivity (Wildman–Crippen MR) is 53.7 cm³/mol. The van der Waals surface area contributed by atoms with Crippen molar-refractivity contribution in [3.05, 3.63) is 0 Å². The molecule has 7 nitrogen and oxygen atoms in total. The third-order valence-corrected chi connectivity index (χ3v) is 2.07. The van der Waals surface area contributed by atoms with Crippen LogP contribution in [0.15, 0.2) is 4.40 Å². The van der Waals surface area contributed by atoms with Crippen molar-refractivity contribution in [2.45, 2.75) is 6.42 Å². The van der Waals surface area contributed by atoms with Crippen molar-refractivity contribution in [2.24, 2.45) is 21.0 Å². The van der Waals surface area contributed by atoms with Crippen LogP contribution in [0.3, 0.4) is 0 Å². The molecule has 0 unspecified atom stereocenters. The summed E-state index contributed by atoms with van der Waals surface area (Å²) in [4.78, 5) is 0. The Balaban J connectivity index is 3.95. The van der Waals surface area contributed by atoms with Gasteiger partial charge in [0.2, 0.25) is 0 Å². The van der Waals surface area contributed by atoms with E-state index in [0.29, 0.717) is 5.75 Å². The lowest BCUT2D eigenvalue weighted by Gasteiger charge is -1.98. The van der Waals surface area contributed by atoms with Crippen LogP contribution in [0.1, 0.15) is 6.42 Å². The summed E-state index contributed by atoms with van der Waals surface area (Å²) in [5, 5.41) is 11.4. The summed E-state index contributed by atoms with van der Waals surface area (Å²) >= 11 is 1.05. The van der Waals surface area contributed by atoms with Crippen LogP contribution < -0.4 is 16.6 Å². The zero-order chi connectivity index (χ0) is 10.5. The second-order valence-corrected chi connectivity index (χ2v) is 4.41. The fourth-order valence-electron chi connectivity index (χ4n) is 0.475. The van der Waals surface area contributed by atoms with Crippen molar-refractivity contribution in [3.63, 3.8) is 0 Å². The number of nitrogens with two attached hydrogens (primary N) is 3. The smallest absolute Gasteiger partial charge is 0.318 e. The molecule has 0 rings (SSSR count). The van der Waals surface area contributed by atoms with Crippen molar-refractivity contribution < 1.29 is 8.42 Å². The Kier molecular flexibility index (Phi) is 4.73. The first-order chi connectivity index (χ1) is 5.81. The highest BCUT2D eigenvalue weighted by Crippen LogP contribution is 2.00. The molecule has 76 valence electrons. The maximum atomic E-state index is 10.4. The molecule has 7 N–H and O–H groups in total. The first kappa shape index (κ1) is 12.2. The Morgan fingerprint density at radius 1 is 1.46 bits per heavy atom. The van der Waals surface area contributed by atoms with Crippen LogP contribution in [-0.4, -0.2) is 25.2 Å². The van der Waals surface area contributed by atoms with Gasteiger partial charge < -0.3 is 11.5 Å². The van der Waals surface area contributed by atoms with Gasteiger partial charge in [-0.25, -0.2) is 5.14 Å². The average Bonchev–Trinajstić information content (AvgIpc) is 1.81. The number of rotatable bonds is 4. The van der Waals surface area contributed by atoms with E-state index in [2.05, 4.69) is 9.54 Å². The molecule has 0 aromatic heterocycles. The molecular formula is C4H11N5O2S2. The number of nitrogens with one attached hydrogen (secondary N) is 1. The molecule has 0 saturated heterocycles. The zero-order valence-corrected chi connectivity index (χ0v) is 8.36. The normalized spacial score (nSPS) is 12.8. The first-order valence-electron chi connectivity index (χ1n) is 3.15. The molecule has 0 aromatic carbocycles. The van der Waals surface area contributed by atoms with Crippen molar-refractivity contribution >= 4 is 33.0 Å². The van der Waals surface area contributed by atoms with Gasteiger partial charge in [-0.1, -0.05) is 11.8 Å². The molecule has 0 bridgehead atoms. The Hall–Kier alpha value is -0.800. The van der Waals surface area contributed by atoms with E-state index >= 15 is 0 Å². The molecule has 0 aliphatic carbocycles. The molecule has 9 heteroatoms. The van der Waals surface area contributed by atoms with Crippen molar-refractivity contribution in [1.82, 2.24) is 0 Å². The third-order valence-electron chi connectivity index (χ3n) is 0.860. The van der Waals surface area contributed by atoms with Crippen LogP contribution in [0, 0.1) is 5.41 Å². The molecule has 0 fully saturated rings. The minimum atomic E-state index is -3.91. The highest BCUT2D eigenvalue weighted by Gasteiger charge is 2.01. The lowest BCUT2D eigenvalue weighted by Crippen LogP contribution is -2.19. The van der Waals surface area contributed by atoms with Gasteiger partial charge in [0.05, 0.1) is 0 Å². The number of nitrogens with zero attached hydrogens (tertiary/aromatic N) is 1. The molecule has 0 saturated carbocycles. The molecule has 0 spiro atoms. The minimum absolute atomic E-state index is 0.0524. The lowest BCUT2D eigenvalue weighted by molar-refractivity contribution is 0.599. The quantitative estimate of drug-likeness (QED) is 0.341. The largest absolute Gasteiger partial charge is 0.386 e. The Labute approximate surface area is 80.5 Å². The Bertz CT molecular complexity index is 308. The van der Waals surface area contributed by atoms with Crippen LogP contribution in [-0.2, 0) is 10.2 Å². The number of amidine groups is 2. The zero-order valence-electron chi connectivity index (χ0n) is 6.73. The summed E-state index contributed by atoms with van der Waals surface area (Å²) in [7, 11) is -3.91. The van der Waals surface area contributed by atoms with Gasteiger partial charge in [-0.05, 0) is 0 Å². The predicted octanol–water partition coefficient (Wildman–Crippen LogP) is -1.44. The first-order valence-corrected chi connectivity index (χ1v) is 5.64. The lowest BCUT2D eigenvalue weighted by atomic mass is 10.5. The van der Waals surface area contributed by atoms with E-state index in [1.54, 1.807) is 0 Å². The van der Waals surface area contributed by atoms with E-state index in [1.165, 1.54) is 0 Å². The number of hydrogen-bond donors (Lipinski definition) is 4. The SMILES string of the molecule is N=C(N)SCCC(N)=NS(N)(=O)=O. The fourth-order valence-corrected chi connectivity index (χ4v) is 1.42. The van der Waals surface area contributed by atoms with E-state index in [1.807, 2.05) is 0 Å².